The number of anilines is 2. The van der Waals surface area contributed by atoms with Crippen molar-refractivity contribution in [3.63, 3.8) is 0 Å². The van der Waals surface area contributed by atoms with E-state index < -0.39 is 28.6 Å². The maximum Gasteiger partial charge on any atom is 0.297 e. The van der Waals surface area contributed by atoms with Crippen LogP contribution in [-0.4, -0.2) is 16.8 Å². The molecule has 2 aromatic heterocycles. The van der Waals surface area contributed by atoms with Crippen molar-refractivity contribution in [2.75, 3.05) is 9.80 Å². The Morgan fingerprint density at radius 2 is 1.77 bits per heavy atom. The van der Waals surface area contributed by atoms with Gasteiger partial charge in [-0.05, 0) is 66.6 Å². The number of aryl methyl sites for hydroxylation is 1. The molecular formula is C33H19ClFN3O4S. The van der Waals surface area contributed by atoms with Gasteiger partial charge in [0.15, 0.2) is 16.1 Å². The highest BCUT2D eigenvalue weighted by atomic mass is 35.5. The highest BCUT2D eigenvalue weighted by Crippen LogP contribution is 2.55. The molecule has 6 aromatic rings. The molecule has 210 valence electrons. The second-order valence-electron chi connectivity index (χ2n) is 10.6. The van der Waals surface area contributed by atoms with E-state index in [4.69, 9.17) is 21.0 Å². The van der Waals surface area contributed by atoms with Gasteiger partial charge in [0, 0.05) is 10.6 Å². The van der Waals surface area contributed by atoms with E-state index in [2.05, 4.69) is 0 Å². The number of nitrogens with zero attached hydrogens (tertiary/aromatic N) is 3. The number of aromatic nitrogens is 1. The molecular weight excluding hydrogens is 589 g/mol. The largest absolute Gasteiger partial charge is 0.450 e. The maximum atomic E-state index is 15.0. The minimum atomic E-state index is -1.90. The number of rotatable bonds is 3. The lowest BCUT2D eigenvalue weighted by atomic mass is 9.84. The van der Waals surface area contributed by atoms with Crippen molar-refractivity contribution in [2.24, 2.45) is 0 Å². The number of benzene rings is 4. The molecule has 43 heavy (non-hydrogen) atoms. The van der Waals surface area contributed by atoms with Crippen LogP contribution in [0.5, 0.6) is 0 Å². The molecule has 0 fully saturated rings. The van der Waals surface area contributed by atoms with E-state index in [9.17, 15) is 14.0 Å². The smallest absolute Gasteiger partial charge is 0.297 e. The third-order valence-electron chi connectivity index (χ3n) is 8.06. The molecule has 0 N–H and O–H groups in total. The van der Waals surface area contributed by atoms with Crippen molar-refractivity contribution >= 4 is 66.8 Å². The van der Waals surface area contributed by atoms with E-state index in [1.807, 2.05) is 25.1 Å². The molecule has 8 rings (SSSR count). The first-order valence-corrected chi connectivity index (χ1v) is 14.6. The molecule has 2 aliphatic heterocycles. The van der Waals surface area contributed by atoms with Crippen molar-refractivity contribution in [3.8, 4) is 0 Å². The Hall–Kier alpha value is -4.86. The summed E-state index contributed by atoms with van der Waals surface area (Å²) >= 11 is 7.53. The van der Waals surface area contributed by atoms with Crippen LogP contribution >= 0.6 is 22.9 Å². The minimum Gasteiger partial charge on any atom is -0.450 e. The first-order valence-electron chi connectivity index (χ1n) is 13.4. The SMILES string of the molecule is Cc1ccc2nc(N3C(=O)c4oc5ccc(Cl)cc5c(=O)c4C34C(=O)N(Cc3ccc(F)cc3)c3ccccc34)sc2c1. The van der Waals surface area contributed by atoms with Crippen LogP contribution in [0.15, 0.2) is 94.1 Å². The minimum absolute atomic E-state index is 0.0817. The number of thiazole rings is 1. The van der Waals surface area contributed by atoms with E-state index in [1.54, 1.807) is 42.5 Å². The Balaban J connectivity index is 1.45. The lowest BCUT2D eigenvalue weighted by Gasteiger charge is -2.32. The zero-order valence-electron chi connectivity index (χ0n) is 22.4. The summed E-state index contributed by atoms with van der Waals surface area (Å²) in [4.78, 5) is 51.5. The number of carbonyl (C=O) groups excluding carboxylic acids is 2. The van der Waals surface area contributed by atoms with E-state index in [0.29, 0.717) is 27.4 Å². The lowest BCUT2D eigenvalue weighted by molar-refractivity contribution is -0.121. The molecule has 1 spiro atoms. The predicted molar refractivity (Wildman–Crippen MR) is 163 cm³/mol. The molecule has 10 heteroatoms. The quantitative estimate of drug-likeness (QED) is 0.217. The second kappa shape index (κ2) is 9.07. The summed E-state index contributed by atoms with van der Waals surface area (Å²) in [5.74, 6) is -1.79. The summed E-state index contributed by atoms with van der Waals surface area (Å²) in [6.07, 6.45) is 0. The number of hydrogen-bond acceptors (Lipinski definition) is 6. The van der Waals surface area contributed by atoms with Gasteiger partial charge >= 0.3 is 0 Å². The topological polar surface area (TPSA) is 83.7 Å². The summed E-state index contributed by atoms with van der Waals surface area (Å²) in [5.41, 5.74) is 0.973. The van der Waals surface area contributed by atoms with Crippen molar-refractivity contribution in [1.29, 1.82) is 0 Å². The van der Waals surface area contributed by atoms with Crippen LogP contribution in [0.2, 0.25) is 5.02 Å². The van der Waals surface area contributed by atoms with Crippen LogP contribution in [-0.2, 0) is 16.9 Å². The standard InChI is InChI=1S/C33H19ClFN3O4S/c1-17-6-12-23-26(14-17)43-32(36-23)38-30(40)29-27(28(39)21-15-19(34)9-13-25(21)42-29)33(38)22-4-2-3-5-24(22)37(31(33)41)16-18-7-10-20(35)11-8-18/h2-15H,16H2,1H3. The van der Waals surface area contributed by atoms with Crippen LogP contribution in [0.1, 0.15) is 32.8 Å². The van der Waals surface area contributed by atoms with Gasteiger partial charge in [-0.15, -0.1) is 0 Å². The fraction of sp³-hybridized carbons (Fsp3) is 0.0909. The number of fused-ring (bicyclic) bond motifs is 6. The Bertz CT molecular complexity index is 2250. The highest BCUT2D eigenvalue weighted by Gasteiger charge is 2.66. The molecule has 4 heterocycles. The zero-order valence-corrected chi connectivity index (χ0v) is 24.0. The molecule has 2 aliphatic rings. The molecule has 1 atom stereocenters. The van der Waals surface area contributed by atoms with Gasteiger partial charge in [0.05, 0.1) is 33.4 Å². The maximum absolute atomic E-state index is 15.0. The van der Waals surface area contributed by atoms with E-state index >= 15 is 4.79 Å². The molecule has 0 saturated heterocycles. The van der Waals surface area contributed by atoms with E-state index in [0.717, 1.165) is 10.3 Å². The number of carbonyl (C=O) groups is 2. The molecule has 1 unspecified atom stereocenters. The first-order chi connectivity index (χ1) is 20.8. The molecule has 0 radical (unpaired) electrons. The van der Waals surface area contributed by atoms with Gasteiger partial charge in [-0.1, -0.05) is 59.3 Å². The molecule has 7 nitrogen and oxygen atoms in total. The Labute approximate surface area is 252 Å². The summed E-state index contributed by atoms with van der Waals surface area (Å²) in [6, 6.07) is 23.2. The third-order valence-corrected chi connectivity index (χ3v) is 9.30. The number of amides is 2. The van der Waals surface area contributed by atoms with Crippen LogP contribution in [0.4, 0.5) is 15.2 Å². The van der Waals surface area contributed by atoms with Gasteiger partial charge in [0.2, 0.25) is 5.76 Å². The van der Waals surface area contributed by atoms with Gasteiger partial charge in [-0.3, -0.25) is 19.3 Å². The van der Waals surface area contributed by atoms with Gasteiger partial charge < -0.3 is 9.32 Å². The zero-order chi connectivity index (χ0) is 29.6. The number of para-hydroxylation sites is 1. The van der Waals surface area contributed by atoms with Crippen molar-refractivity contribution in [1.82, 2.24) is 4.98 Å². The summed E-state index contributed by atoms with van der Waals surface area (Å²) in [6.45, 7) is 2.04. The normalized spacial score (nSPS) is 17.5. The Morgan fingerprint density at radius 1 is 0.977 bits per heavy atom. The lowest BCUT2D eigenvalue weighted by Crippen LogP contribution is -2.53. The highest BCUT2D eigenvalue weighted by molar-refractivity contribution is 7.22. The first kappa shape index (κ1) is 25.8. The van der Waals surface area contributed by atoms with Crippen LogP contribution in [0.3, 0.4) is 0 Å². The molecule has 0 bridgehead atoms. The van der Waals surface area contributed by atoms with Crippen molar-refractivity contribution in [3.05, 3.63) is 134 Å². The van der Waals surface area contributed by atoms with Crippen molar-refractivity contribution < 1.29 is 18.4 Å². The molecule has 4 aromatic carbocycles. The Kier molecular flexibility index (Phi) is 5.44. The summed E-state index contributed by atoms with van der Waals surface area (Å²) < 4.78 is 20.7. The van der Waals surface area contributed by atoms with Gasteiger partial charge in [-0.2, -0.15) is 0 Å². The van der Waals surface area contributed by atoms with Gasteiger partial charge in [0.25, 0.3) is 11.8 Å². The van der Waals surface area contributed by atoms with Crippen LogP contribution in [0.25, 0.3) is 21.2 Å². The summed E-state index contributed by atoms with van der Waals surface area (Å²) in [7, 11) is 0. The average molecular weight is 608 g/mol. The fourth-order valence-electron chi connectivity index (χ4n) is 6.18. The average Bonchev–Trinajstić information content (AvgIpc) is 3.60. The predicted octanol–water partition coefficient (Wildman–Crippen LogP) is 6.95. The number of hydrogen-bond donors (Lipinski definition) is 0. The fourth-order valence-corrected chi connectivity index (χ4v) is 7.47. The molecule has 0 aliphatic carbocycles. The van der Waals surface area contributed by atoms with Crippen LogP contribution in [0, 0.1) is 12.7 Å². The van der Waals surface area contributed by atoms with Gasteiger partial charge in [0.1, 0.15) is 11.4 Å². The Morgan fingerprint density at radius 3 is 2.58 bits per heavy atom. The van der Waals surface area contributed by atoms with Crippen molar-refractivity contribution in [2.45, 2.75) is 19.0 Å². The molecule has 0 saturated carbocycles. The molecule has 2 amide bonds. The van der Waals surface area contributed by atoms with E-state index in [-0.39, 0.29) is 34.0 Å². The van der Waals surface area contributed by atoms with Gasteiger partial charge in [-0.25, -0.2) is 9.37 Å². The monoisotopic (exact) mass is 607 g/mol. The van der Waals surface area contributed by atoms with Crippen LogP contribution < -0.4 is 15.2 Å². The number of halogens is 2. The summed E-state index contributed by atoms with van der Waals surface area (Å²) in [5, 5.41) is 0.723. The third kappa shape index (κ3) is 3.52. The second-order valence-corrected chi connectivity index (χ2v) is 12.1. The van der Waals surface area contributed by atoms with E-state index in [1.165, 1.54) is 45.4 Å².